The van der Waals surface area contributed by atoms with Crippen molar-refractivity contribution in [3.63, 3.8) is 0 Å². The summed E-state index contributed by atoms with van der Waals surface area (Å²) in [5, 5.41) is 11.6. The van der Waals surface area contributed by atoms with Crippen molar-refractivity contribution in [2.24, 2.45) is 40.3 Å². The largest absolute Gasteiger partial charge is 0.386 e. The summed E-state index contributed by atoms with van der Waals surface area (Å²) in [6, 6.07) is -1.63. The molecule has 8 heteroatoms. The predicted octanol–water partition coefficient (Wildman–Crippen LogP) is -3.96. The molecule has 13 N–H and O–H groups in total. The molecule has 3 rings (SSSR count). The van der Waals surface area contributed by atoms with Crippen molar-refractivity contribution in [2.75, 3.05) is 32.7 Å². The Kier molecular flexibility index (Phi) is 4.91. The van der Waals surface area contributed by atoms with Crippen LogP contribution in [0.4, 0.5) is 0 Å². The van der Waals surface area contributed by atoms with Gasteiger partial charge in [0.25, 0.3) is 0 Å². The highest BCUT2D eigenvalue weighted by Crippen LogP contribution is 2.50. The fourth-order valence-corrected chi connectivity index (χ4v) is 4.75. The average molecular weight is 301 g/mol. The van der Waals surface area contributed by atoms with Gasteiger partial charge in [0.1, 0.15) is 5.60 Å². The predicted molar refractivity (Wildman–Crippen MR) is 83.1 cm³/mol. The van der Waals surface area contributed by atoms with Crippen LogP contribution in [0.25, 0.3) is 0 Å². The molecule has 3 fully saturated rings. The molecule has 124 valence electrons. The Hall–Kier alpha value is -0.320. The van der Waals surface area contributed by atoms with Gasteiger partial charge in [-0.05, 0) is 31.8 Å². The average Bonchev–Trinajstić information content (AvgIpc) is 2.53. The number of fused-ring (bicyclic) bond motifs is 3. The van der Waals surface area contributed by atoms with E-state index in [1.807, 2.05) is 0 Å². The first-order chi connectivity index (χ1) is 9.90. The number of hydrogen-bond acceptors (Lipinski definition) is 8. The first-order valence-electron chi connectivity index (χ1n) is 7.75. The molecule has 8 nitrogen and oxygen atoms in total. The van der Waals surface area contributed by atoms with Crippen LogP contribution in [0.1, 0.15) is 12.8 Å². The Morgan fingerprint density at radius 3 is 1.71 bits per heavy atom. The summed E-state index contributed by atoms with van der Waals surface area (Å²) in [6.07, 6.45) is 1.72. The summed E-state index contributed by atoms with van der Waals surface area (Å²) < 4.78 is 0. The van der Waals surface area contributed by atoms with Gasteiger partial charge >= 0.3 is 0 Å². The molecule has 3 heterocycles. The molecule has 0 aromatic carbocycles. The van der Waals surface area contributed by atoms with E-state index in [2.05, 4.69) is 4.90 Å². The van der Waals surface area contributed by atoms with E-state index in [-0.39, 0.29) is 25.6 Å². The Bertz CT molecular complexity index is 350. The Morgan fingerprint density at radius 1 is 0.905 bits per heavy atom. The van der Waals surface area contributed by atoms with Crippen molar-refractivity contribution >= 4 is 0 Å². The lowest BCUT2D eigenvalue weighted by Gasteiger charge is -2.68. The van der Waals surface area contributed by atoms with Gasteiger partial charge in [-0.15, -0.1) is 0 Å². The zero-order chi connectivity index (χ0) is 15.8. The molecule has 0 radical (unpaired) electrons. The zero-order valence-corrected chi connectivity index (χ0v) is 12.6. The van der Waals surface area contributed by atoms with Gasteiger partial charge in [-0.25, -0.2) is 0 Å². The van der Waals surface area contributed by atoms with E-state index >= 15 is 0 Å². The highest BCUT2D eigenvalue weighted by Gasteiger charge is 2.69. The van der Waals surface area contributed by atoms with Crippen LogP contribution in [0, 0.1) is 5.92 Å². The van der Waals surface area contributed by atoms with E-state index in [1.165, 1.54) is 0 Å². The van der Waals surface area contributed by atoms with Crippen molar-refractivity contribution in [3.05, 3.63) is 0 Å². The van der Waals surface area contributed by atoms with Gasteiger partial charge in [0, 0.05) is 37.8 Å². The maximum Gasteiger partial charge on any atom is 0.105 e. The molecule has 3 aliphatic heterocycles. The van der Waals surface area contributed by atoms with Crippen molar-refractivity contribution in [1.82, 2.24) is 4.90 Å². The number of nitrogens with zero attached hydrogens (tertiary/aromatic N) is 1. The Balaban J connectivity index is 2.61. The third kappa shape index (κ3) is 2.06. The van der Waals surface area contributed by atoms with Gasteiger partial charge in [-0.2, -0.15) is 0 Å². The van der Waals surface area contributed by atoms with Crippen LogP contribution in [-0.2, 0) is 0 Å². The summed E-state index contributed by atoms with van der Waals surface area (Å²) in [5.74, 6) is 0.0243. The molecule has 0 saturated carbocycles. The zero-order valence-electron chi connectivity index (χ0n) is 12.6. The summed E-state index contributed by atoms with van der Waals surface area (Å²) in [6.45, 7) is 2.22. The molecule has 4 unspecified atom stereocenters. The minimum Gasteiger partial charge on any atom is -0.386 e. The van der Waals surface area contributed by atoms with Crippen LogP contribution in [0.3, 0.4) is 0 Å². The van der Waals surface area contributed by atoms with Crippen LogP contribution in [0.2, 0.25) is 0 Å². The maximum absolute atomic E-state index is 11.6. The van der Waals surface area contributed by atoms with E-state index in [1.54, 1.807) is 0 Å². The second-order valence-corrected chi connectivity index (χ2v) is 6.44. The quantitative estimate of drug-likeness (QED) is 0.259. The first-order valence-corrected chi connectivity index (χ1v) is 7.75. The smallest absolute Gasteiger partial charge is 0.105 e. The Labute approximate surface area is 126 Å². The van der Waals surface area contributed by atoms with Crippen LogP contribution in [0.5, 0.6) is 0 Å². The van der Waals surface area contributed by atoms with Crippen molar-refractivity contribution < 1.29 is 5.11 Å². The van der Waals surface area contributed by atoms with Crippen LogP contribution < -0.4 is 34.4 Å². The first kappa shape index (κ1) is 17.0. The van der Waals surface area contributed by atoms with Gasteiger partial charge in [-0.3, -0.25) is 4.90 Å². The topological polar surface area (TPSA) is 180 Å². The number of aliphatic hydroxyl groups is 1. The van der Waals surface area contributed by atoms with Crippen LogP contribution in [0.15, 0.2) is 0 Å². The van der Waals surface area contributed by atoms with Crippen molar-refractivity contribution in [3.8, 4) is 0 Å². The van der Waals surface area contributed by atoms with Crippen LogP contribution in [-0.4, -0.2) is 72.0 Å². The normalized spacial score (nSPS) is 43.6. The number of rotatable bonds is 6. The highest BCUT2D eigenvalue weighted by atomic mass is 16.3. The highest BCUT2D eigenvalue weighted by molar-refractivity contribution is 5.27. The summed E-state index contributed by atoms with van der Waals surface area (Å²) >= 11 is 0. The third-order valence-electron chi connectivity index (χ3n) is 5.74. The number of hydrogen-bond donors (Lipinski definition) is 7. The van der Waals surface area contributed by atoms with E-state index in [9.17, 15) is 5.11 Å². The molecule has 0 aliphatic carbocycles. The minimum absolute atomic E-state index is 0.0243. The summed E-state index contributed by atoms with van der Waals surface area (Å²) in [7, 11) is 0. The molecule has 0 spiro atoms. The van der Waals surface area contributed by atoms with E-state index in [4.69, 9.17) is 34.4 Å². The van der Waals surface area contributed by atoms with Gasteiger partial charge < -0.3 is 39.5 Å². The molecule has 0 aromatic heterocycles. The molecule has 3 aliphatic rings. The molecule has 0 aromatic rings. The van der Waals surface area contributed by atoms with Crippen molar-refractivity contribution in [2.45, 2.75) is 42.1 Å². The van der Waals surface area contributed by atoms with Gasteiger partial charge in [0.2, 0.25) is 0 Å². The van der Waals surface area contributed by atoms with Crippen molar-refractivity contribution in [1.29, 1.82) is 0 Å². The second kappa shape index (κ2) is 6.05. The van der Waals surface area contributed by atoms with Gasteiger partial charge in [0.05, 0.1) is 5.54 Å². The molecule has 21 heavy (non-hydrogen) atoms. The maximum atomic E-state index is 11.6. The lowest BCUT2D eigenvalue weighted by molar-refractivity contribution is -0.232. The number of piperidine rings is 3. The minimum atomic E-state index is -1.27. The molecule has 4 atom stereocenters. The standard InChI is InChI=1S/C13H31N7O/c14-5-9(17)12(10(18)6-15)13(21,11(19)7-16)8-1-3-20(12)4-2-8/h8-11,21H,1-7,14-19H2. The lowest BCUT2D eigenvalue weighted by Crippen LogP contribution is -2.90. The van der Waals surface area contributed by atoms with Gasteiger partial charge in [-0.1, -0.05) is 0 Å². The number of nitrogens with two attached hydrogens (primary N) is 6. The summed E-state index contributed by atoms with van der Waals surface area (Å²) in [5.41, 5.74) is 34.2. The fourth-order valence-electron chi connectivity index (χ4n) is 4.75. The molecule has 0 amide bonds. The van der Waals surface area contributed by atoms with E-state index in [0.717, 1.165) is 25.9 Å². The lowest BCUT2D eigenvalue weighted by atomic mass is 9.54. The third-order valence-corrected chi connectivity index (χ3v) is 5.74. The molecule has 3 saturated heterocycles. The Morgan fingerprint density at radius 2 is 1.33 bits per heavy atom. The second-order valence-electron chi connectivity index (χ2n) is 6.44. The van der Waals surface area contributed by atoms with Gasteiger partial charge in [0.15, 0.2) is 0 Å². The van der Waals surface area contributed by atoms with E-state index in [0.29, 0.717) is 0 Å². The van der Waals surface area contributed by atoms with E-state index < -0.39 is 29.3 Å². The SMILES string of the molecule is NCC(N)C1(O)C2CCN(CC2)C1(C(N)CN)C(N)CN. The molecular weight excluding hydrogens is 270 g/mol. The van der Waals surface area contributed by atoms with Crippen LogP contribution >= 0.6 is 0 Å². The summed E-state index contributed by atoms with van der Waals surface area (Å²) in [4.78, 5) is 2.15. The monoisotopic (exact) mass is 301 g/mol. The molecule has 2 bridgehead atoms. The molecular formula is C13H31N7O. The fraction of sp³-hybridized carbons (Fsp3) is 1.00.